The SMILES string of the molecule is CC(C)CN1CCN(C(=O)C(C)N)CC1.Cl.Cl. The summed E-state index contributed by atoms with van der Waals surface area (Å²) in [6, 6.07) is -0.360. The van der Waals surface area contributed by atoms with E-state index in [2.05, 4.69) is 18.7 Å². The first-order chi connectivity index (χ1) is 7.00. The van der Waals surface area contributed by atoms with Crippen LogP contribution in [0.15, 0.2) is 0 Å². The Balaban J connectivity index is 0. The number of hydrogen-bond acceptors (Lipinski definition) is 3. The van der Waals surface area contributed by atoms with E-state index >= 15 is 0 Å². The molecule has 0 aliphatic carbocycles. The lowest BCUT2D eigenvalue weighted by Crippen LogP contribution is -2.52. The highest BCUT2D eigenvalue weighted by Gasteiger charge is 2.22. The van der Waals surface area contributed by atoms with Crippen LogP contribution in [0, 0.1) is 5.92 Å². The van der Waals surface area contributed by atoms with E-state index < -0.39 is 0 Å². The number of hydrogen-bond donors (Lipinski definition) is 1. The molecule has 1 rings (SSSR count). The number of carbonyl (C=O) groups excluding carboxylic acids is 1. The fourth-order valence-corrected chi connectivity index (χ4v) is 1.96. The van der Waals surface area contributed by atoms with Gasteiger partial charge in [0, 0.05) is 32.7 Å². The Morgan fingerprint density at radius 1 is 1.12 bits per heavy atom. The van der Waals surface area contributed by atoms with Crippen LogP contribution in [-0.4, -0.2) is 54.5 Å². The molecule has 104 valence electrons. The molecule has 1 heterocycles. The molecule has 1 saturated heterocycles. The van der Waals surface area contributed by atoms with Crippen molar-refractivity contribution < 1.29 is 4.79 Å². The summed E-state index contributed by atoms with van der Waals surface area (Å²) >= 11 is 0. The summed E-state index contributed by atoms with van der Waals surface area (Å²) in [5.74, 6) is 0.778. The highest BCUT2D eigenvalue weighted by atomic mass is 35.5. The van der Waals surface area contributed by atoms with Gasteiger partial charge in [-0.1, -0.05) is 13.8 Å². The molecule has 0 radical (unpaired) electrons. The summed E-state index contributed by atoms with van der Waals surface area (Å²) in [5.41, 5.74) is 5.58. The van der Waals surface area contributed by atoms with Crippen LogP contribution in [0.4, 0.5) is 0 Å². The molecule has 0 aromatic carbocycles. The zero-order chi connectivity index (χ0) is 11.4. The molecule has 17 heavy (non-hydrogen) atoms. The second-order valence-electron chi connectivity index (χ2n) is 4.81. The normalized spacial score (nSPS) is 18.3. The summed E-state index contributed by atoms with van der Waals surface area (Å²) in [7, 11) is 0. The molecule has 6 heteroatoms. The Hall–Kier alpha value is -0.0300. The fraction of sp³-hybridized carbons (Fsp3) is 0.909. The van der Waals surface area contributed by atoms with Crippen molar-refractivity contribution >= 4 is 30.7 Å². The molecular weight excluding hydrogens is 261 g/mol. The lowest BCUT2D eigenvalue weighted by atomic mass is 10.2. The van der Waals surface area contributed by atoms with Gasteiger partial charge in [-0.2, -0.15) is 0 Å². The predicted octanol–water partition coefficient (Wildman–Crippen LogP) is 0.977. The molecule has 1 unspecified atom stereocenters. The van der Waals surface area contributed by atoms with E-state index in [0.29, 0.717) is 5.92 Å². The Morgan fingerprint density at radius 2 is 1.59 bits per heavy atom. The monoisotopic (exact) mass is 285 g/mol. The topological polar surface area (TPSA) is 49.6 Å². The third kappa shape index (κ3) is 6.46. The smallest absolute Gasteiger partial charge is 0.239 e. The minimum atomic E-state index is -0.360. The van der Waals surface area contributed by atoms with Gasteiger partial charge in [0.25, 0.3) is 0 Å². The molecule has 0 saturated carbocycles. The van der Waals surface area contributed by atoms with E-state index in [-0.39, 0.29) is 36.8 Å². The molecule has 1 atom stereocenters. The van der Waals surface area contributed by atoms with Crippen molar-refractivity contribution in [3.8, 4) is 0 Å². The summed E-state index contributed by atoms with van der Waals surface area (Å²) in [6.45, 7) is 10.9. The van der Waals surface area contributed by atoms with Gasteiger partial charge < -0.3 is 10.6 Å². The van der Waals surface area contributed by atoms with Crippen LogP contribution in [0.2, 0.25) is 0 Å². The van der Waals surface area contributed by atoms with Crippen molar-refractivity contribution in [2.45, 2.75) is 26.8 Å². The molecule has 0 spiro atoms. The average Bonchev–Trinajstić information content (AvgIpc) is 2.17. The van der Waals surface area contributed by atoms with E-state index in [1.807, 2.05) is 4.90 Å². The van der Waals surface area contributed by atoms with Crippen LogP contribution < -0.4 is 5.73 Å². The van der Waals surface area contributed by atoms with Gasteiger partial charge in [-0.25, -0.2) is 0 Å². The molecule has 0 bridgehead atoms. The zero-order valence-corrected chi connectivity index (χ0v) is 12.5. The van der Waals surface area contributed by atoms with E-state index in [0.717, 1.165) is 32.7 Å². The summed E-state index contributed by atoms with van der Waals surface area (Å²) < 4.78 is 0. The molecule has 1 aliphatic heterocycles. The Morgan fingerprint density at radius 3 is 1.94 bits per heavy atom. The van der Waals surface area contributed by atoms with Gasteiger partial charge in [0.05, 0.1) is 6.04 Å². The maximum absolute atomic E-state index is 11.6. The lowest BCUT2D eigenvalue weighted by Gasteiger charge is -2.36. The van der Waals surface area contributed by atoms with Gasteiger partial charge in [-0.3, -0.25) is 9.69 Å². The summed E-state index contributed by atoms with van der Waals surface area (Å²) in [5, 5.41) is 0. The molecule has 1 amide bonds. The highest BCUT2D eigenvalue weighted by Crippen LogP contribution is 2.06. The Labute approximate surface area is 117 Å². The van der Waals surface area contributed by atoms with Gasteiger partial charge in [-0.15, -0.1) is 24.8 Å². The Kier molecular flexibility index (Phi) is 10.2. The van der Waals surface area contributed by atoms with Crippen LogP contribution >= 0.6 is 24.8 Å². The lowest BCUT2D eigenvalue weighted by molar-refractivity contribution is -0.134. The maximum Gasteiger partial charge on any atom is 0.239 e. The number of halogens is 2. The van der Waals surface area contributed by atoms with Crippen molar-refractivity contribution in [3.05, 3.63) is 0 Å². The quantitative estimate of drug-likeness (QED) is 0.841. The molecular formula is C11H25Cl2N3O. The fourth-order valence-electron chi connectivity index (χ4n) is 1.96. The largest absolute Gasteiger partial charge is 0.339 e. The first kappa shape index (κ1) is 19.3. The summed E-state index contributed by atoms with van der Waals surface area (Å²) in [4.78, 5) is 15.9. The second-order valence-corrected chi connectivity index (χ2v) is 4.81. The Bertz CT molecular complexity index is 217. The first-order valence-electron chi connectivity index (χ1n) is 5.77. The van der Waals surface area contributed by atoms with Crippen molar-refractivity contribution in [3.63, 3.8) is 0 Å². The number of nitrogens with two attached hydrogens (primary N) is 1. The molecule has 1 aliphatic rings. The van der Waals surface area contributed by atoms with Crippen molar-refractivity contribution in [1.29, 1.82) is 0 Å². The van der Waals surface area contributed by atoms with Crippen LogP contribution in [0.3, 0.4) is 0 Å². The van der Waals surface area contributed by atoms with Crippen LogP contribution in [-0.2, 0) is 4.79 Å². The van der Waals surface area contributed by atoms with Gasteiger partial charge >= 0.3 is 0 Å². The number of nitrogens with zero attached hydrogens (tertiary/aromatic N) is 2. The van der Waals surface area contributed by atoms with Crippen LogP contribution in [0.1, 0.15) is 20.8 Å². The minimum Gasteiger partial charge on any atom is -0.339 e. The number of piperazine rings is 1. The molecule has 0 aromatic rings. The zero-order valence-electron chi connectivity index (χ0n) is 10.9. The van der Waals surface area contributed by atoms with Gasteiger partial charge in [0.1, 0.15) is 0 Å². The van der Waals surface area contributed by atoms with Crippen molar-refractivity contribution in [2.24, 2.45) is 11.7 Å². The molecule has 0 aromatic heterocycles. The minimum absolute atomic E-state index is 0. The predicted molar refractivity (Wildman–Crippen MR) is 76.0 cm³/mol. The van der Waals surface area contributed by atoms with E-state index in [4.69, 9.17) is 5.73 Å². The molecule has 2 N–H and O–H groups in total. The van der Waals surface area contributed by atoms with Crippen LogP contribution in [0.25, 0.3) is 0 Å². The summed E-state index contributed by atoms with van der Waals surface area (Å²) in [6.07, 6.45) is 0. The van der Waals surface area contributed by atoms with Crippen molar-refractivity contribution in [2.75, 3.05) is 32.7 Å². The number of rotatable bonds is 3. The third-order valence-electron chi connectivity index (χ3n) is 2.70. The second kappa shape index (κ2) is 8.97. The number of carbonyl (C=O) groups is 1. The maximum atomic E-state index is 11.6. The van der Waals surface area contributed by atoms with Crippen molar-refractivity contribution in [1.82, 2.24) is 9.80 Å². The van der Waals surface area contributed by atoms with Crippen LogP contribution in [0.5, 0.6) is 0 Å². The first-order valence-corrected chi connectivity index (χ1v) is 5.77. The number of amides is 1. The molecule has 4 nitrogen and oxygen atoms in total. The van der Waals surface area contributed by atoms with Gasteiger partial charge in [0.2, 0.25) is 5.91 Å². The third-order valence-corrected chi connectivity index (χ3v) is 2.70. The van der Waals surface area contributed by atoms with Gasteiger partial charge in [0.15, 0.2) is 0 Å². The van der Waals surface area contributed by atoms with E-state index in [9.17, 15) is 4.79 Å². The van der Waals surface area contributed by atoms with E-state index in [1.165, 1.54) is 0 Å². The molecule has 1 fully saturated rings. The average molecular weight is 286 g/mol. The standard InChI is InChI=1S/C11H23N3O.2ClH/c1-9(2)8-13-4-6-14(7-5-13)11(15)10(3)12;;/h9-10H,4-8,12H2,1-3H3;2*1H. The van der Waals surface area contributed by atoms with E-state index in [1.54, 1.807) is 6.92 Å². The van der Waals surface area contributed by atoms with Gasteiger partial charge in [-0.05, 0) is 12.8 Å². The highest BCUT2D eigenvalue weighted by molar-refractivity contribution is 5.85.